The van der Waals surface area contributed by atoms with E-state index in [9.17, 15) is 24.9 Å². The third-order valence-electron chi connectivity index (χ3n) is 3.98. The molecule has 10 nitrogen and oxygen atoms in total. The topological polar surface area (TPSA) is 147 Å². The van der Waals surface area contributed by atoms with Crippen molar-refractivity contribution in [1.82, 2.24) is 14.8 Å². The lowest BCUT2D eigenvalue weighted by Crippen LogP contribution is -2.06. The number of carboxylic acids is 2. The molecule has 0 aliphatic heterocycles. The summed E-state index contributed by atoms with van der Waals surface area (Å²) < 4.78 is 1.29. The number of hydrogen-bond acceptors (Lipinski definition) is 7. The van der Waals surface area contributed by atoms with E-state index in [0.29, 0.717) is 16.6 Å². The Morgan fingerprint density at radius 3 is 2.48 bits per heavy atom. The van der Waals surface area contributed by atoms with Crippen molar-refractivity contribution >= 4 is 29.2 Å². The number of hydrogen-bond donors (Lipinski definition) is 3. The van der Waals surface area contributed by atoms with Gasteiger partial charge < -0.3 is 20.2 Å². The van der Waals surface area contributed by atoms with E-state index in [4.69, 9.17) is 4.84 Å². The third kappa shape index (κ3) is 3.90. The van der Waals surface area contributed by atoms with Crippen LogP contribution in [0, 0.1) is 6.92 Å². The van der Waals surface area contributed by atoms with Crippen LogP contribution >= 0.6 is 0 Å². The van der Waals surface area contributed by atoms with Crippen LogP contribution in [0.3, 0.4) is 0 Å². The van der Waals surface area contributed by atoms with Crippen LogP contribution in [-0.2, 0) is 4.84 Å². The third-order valence-corrected chi connectivity index (χ3v) is 3.98. The van der Waals surface area contributed by atoms with Gasteiger partial charge in [-0.05, 0) is 25.1 Å². The van der Waals surface area contributed by atoms with Gasteiger partial charge in [-0.15, -0.1) is 5.10 Å². The normalized spacial score (nSPS) is 11.1. The van der Waals surface area contributed by atoms with E-state index in [1.165, 1.54) is 35.3 Å². The van der Waals surface area contributed by atoms with Gasteiger partial charge in [0, 0.05) is 6.20 Å². The smallest absolute Gasteiger partial charge is 0.335 e. The van der Waals surface area contributed by atoms with E-state index in [0.717, 1.165) is 6.07 Å². The number of oxime groups is 1. The molecule has 0 bridgehead atoms. The molecule has 0 atom stereocenters. The van der Waals surface area contributed by atoms with Gasteiger partial charge >= 0.3 is 11.9 Å². The molecule has 0 radical (unpaired) electrons. The van der Waals surface area contributed by atoms with Crippen molar-refractivity contribution in [1.29, 1.82) is 0 Å². The van der Waals surface area contributed by atoms with Crippen LogP contribution in [0.5, 0.6) is 5.75 Å². The molecular formula is C19H16N4O6. The zero-order valence-electron chi connectivity index (χ0n) is 15.2. The summed E-state index contributed by atoms with van der Waals surface area (Å²) in [6.07, 6.45) is 4.30. The molecule has 0 amide bonds. The minimum atomic E-state index is -1.27. The first kappa shape index (κ1) is 19.5. The molecule has 1 aromatic carbocycles. The first-order chi connectivity index (χ1) is 13.8. The van der Waals surface area contributed by atoms with Gasteiger partial charge in [-0.3, -0.25) is 0 Å². The Balaban J connectivity index is 2.17. The van der Waals surface area contributed by atoms with Crippen molar-refractivity contribution in [3.05, 3.63) is 59.4 Å². The Labute approximate surface area is 164 Å². The number of pyridine rings is 1. The van der Waals surface area contributed by atoms with Crippen molar-refractivity contribution in [3.63, 3.8) is 0 Å². The number of aryl methyl sites for hydroxylation is 1. The number of fused-ring (bicyclic) bond motifs is 1. The number of carbonyl (C=O) groups is 2. The highest BCUT2D eigenvalue weighted by atomic mass is 16.6. The molecule has 0 saturated carbocycles. The summed E-state index contributed by atoms with van der Waals surface area (Å²) in [4.78, 5) is 31.9. The van der Waals surface area contributed by atoms with Crippen molar-refractivity contribution in [3.8, 4) is 11.4 Å². The average Bonchev–Trinajstić information content (AvgIpc) is 3.10. The molecular weight excluding hydrogens is 380 g/mol. The molecule has 3 N–H and O–H groups in total. The summed E-state index contributed by atoms with van der Waals surface area (Å²) in [5.41, 5.74) is 0.664. The largest absolute Gasteiger partial charge is 0.505 e. The maximum atomic E-state index is 11.3. The monoisotopic (exact) mass is 396 g/mol. The lowest BCUT2D eigenvalue weighted by molar-refractivity contribution is 0.0696. The maximum absolute atomic E-state index is 11.3. The standard InChI is InChI=1S/C19H16N4O6/c1-3-4-29-20-8-14-15-9-23(22-17(15)21-10(2)16(14)24)13-6-11(18(25)26)5-12(7-13)19(27)28/h3,5-9,24H,1,4H2,2H3,(H,25,26)(H,27,28)/b20-8+. The molecule has 3 rings (SSSR count). The number of rotatable bonds is 7. The summed E-state index contributed by atoms with van der Waals surface area (Å²) >= 11 is 0. The van der Waals surface area contributed by atoms with Crippen molar-refractivity contribution in [2.24, 2.45) is 5.16 Å². The predicted octanol–water partition coefficient (Wildman–Crippen LogP) is 2.37. The van der Waals surface area contributed by atoms with Crippen LogP contribution in [0.15, 0.2) is 42.2 Å². The first-order valence-corrected chi connectivity index (χ1v) is 8.29. The Bertz CT molecular complexity index is 1130. The summed E-state index contributed by atoms with van der Waals surface area (Å²) in [7, 11) is 0. The fourth-order valence-electron chi connectivity index (χ4n) is 2.61. The van der Waals surface area contributed by atoms with Gasteiger partial charge in [-0.1, -0.05) is 17.8 Å². The van der Waals surface area contributed by atoms with Crippen molar-refractivity contribution < 1.29 is 29.7 Å². The van der Waals surface area contributed by atoms with E-state index < -0.39 is 11.9 Å². The number of nitrogens with zero attached hydrogens (tertiary/aromatic N) is 4. The molecule has 0 aliphatic carbocycles. The quantitative estimate of drug-likeness (QED) is 0.239. The van der Waals surface area contributed by atoms with E-state index in [1.54, 1.807) is 6.92 Å². The molecule has 3 aromatic rings. The fraction of sp³-hybridized carbons (Fsp3) is 0.105. The molecule has 10 heteroatoms. The molecule has 0 saturated heterocycles. The molecule has 2 heterocycles. The van der Waals surface area contributed by atoms with Gasteiger partial charge in [0.1, 0.15) is 12.4 Å². The lowest BCUT2D eigenvalue weighted by atomic mass is 10.1. The Morgan fingerprint density at radius 1 is 1.24 bits per heavy atom. The van der Waals surface area contributed by atoms with Crippen molar-refractivity contribution in [2.45, 2.75) is 6.92 Å². The van der Waals surface area contributed by atoms with Crippen LogP contribution in [0.4, 0.5) is 0 Å². The second-order valence-corrected chi connectivity index (χ2v) is 5.97. The van der Waals surface area contributed by atoms with E-state index >= 15 is 0 Å². The van der Waals surface area contributed by atoms with Gasteiger partial charge in [0.15, 0.2) is 5.65 Å². The Kier molecular flexibility index (Phi) is 5.26. The second-order valence-electron chi connectivity index (χ2n) is 5.97. The molecule has 2 aromatic heterocycles. The first-order valence-electron chi connectivity index (χ1n) is 8.29. The van der Waals surface area contributed by atoms with Crippen molar-refractivity contribution in [2.75, 3.05) is 6.61 Å². The molecule has 148 valence electrons. The summed E-state index contributed by atoms with van der Waals surface area (Å²) in [6.45, 7) is 5.28. The van der Waals surface area contributed by atoms with Crippen LogP contribution in [0.25, 0.3) is 16.7 Å². The van der Waals surface area contributed by atoms with Crippen LogP contribution in [0.2, 0.25) is 0 Å². The molecule has 29 heavy (non-hydrogen) atoms. The SMILES string of the molecule is C=CCO/N=C/c1c(O)c(C)nc2nn(-c3cc(C(=O)O)cc(C(=O)O)c3)cc12. The summed E-state index contributed by atoms with van der Waals surface area (Å²) in [5.74, 6) is -2.66. The Morgan fingerprint density at radius 2 is 1.90 bits per heavy atom. The minimum absolute atomic E-state index is 0.117. The van der Waals surface area contributed by atoms with Gasteiger partial charge in [0.2, 0.25) is 0 Å². The maximum Gasteiger partial charge on any atom is 0.335 e. The average molecular weight is 396 g/mol. The number of aromatic hydroxyl groups is 1. The zero-order valence-corrected chi connectivity index (χ0v) is 15.2. The zero-order chi connectivity index (χ0) is 21.1. The number of aromatic carboxylic acids is 2. The number of benzene rings is 1. The number of carboxylic acid groups (broad SMARTS) is 2. The molecule has 0 aliphatic rings. The molecule has 0 unspecified atom stereocenters. The number of aromatic nitrogens is 3. The fourth-order valence-corrected chi connectivity index (χ4v) is 2.61. The van der Waals surface area contributed by atoms with E-state index in [-0.39, 0.29) is 34.8 Å². The minimum Gasteiger partial charge on any atom is -0.505 e. The molecule has 0 fully saturated rings. The molecule has 0 spiro atoms. The van der Waals surface area contributed by atoms with E-state index in [1.807, 2.05) is 0 Å². The summed E-state index contributed by atoms with van der Waals surface area (Å²) in [5, 5.41) is 37.3. The van der Waals surface area contributed by atoms with Gasteiger partial charge in [-0.25, -0.2) is 19.3 Å². The van der Waals surface area contributed by atoms with E-state index in [2.05, 4.69) is 21.8 Å². The second kappa shape index (κ2) is 7.80. The lowest BCUT2D eigenvalue weighted by Gasteiger charge is -2.05. The van der Waals surface area contributed by atoms with Gasteiger partial charge in [0.05, 0.1) is 39.7 Å². The van der Waals surface area contributed by atoms with Crippen LogP contribution in [0.1, 0.15) is 32.0 Å². The van der Waals surface area contributed by atoms with Gasteiger partial charge in [0.25, 0.3) is 0 Å². The summed E-state index contributed by atoms with van der Waals surface area (Å²) in [6, 6.07) is 3.63. The Hall–Kier alpha value is -4.21. The highest BCUT2D eigenvalue weighted by Gasteiger charge is 2.17. The van der Waals surface area contributed by atoms with Gasteiger partial charge in [-0.2, -0.15) is 0 Å². The van der Waals surface area contributed by atoms with Crippen LogP contribution < -0.4 is 0 Å². The highest BCUT2D eigenvalue weighted by molar-refractivity contribution is 6.00. The highest BCUT2D eigenvalue weighted by Crippen LogP contribution is 2.28. The predicted molar refractivity (Wildman–Crippen MR) is 103 cm³/mol. The van der Waals surface area contributed by atoms with Crippen LogP contribution in [-0.4, -0.2) is 54.8 Å².